The normalized spacial score (nSPS) is 27.9. The van der Waals surface area contributed by atoms with E-state index in [0.717, 1.165) is 0 Å². The fourth-order valence-electron chi connectivity index (χ4n) is 0.347. The fraction of sp³-hybridized carbons (Fsp3) is 0.500. The largest absolute Gasteiger partial charge is 0.393 e. The topological polar surface area (TPSA) is 38.7 Å². The van der Waals surface area contributed by atoms with E-state index in [1.807, 2.05) is 0 Å². The van der Waals surface area contributed by atoms with Gasteiger partial charge in [-0.2, -0.15) is 4.89 Å². The smallest absolute Gasteiger partial charge is 0.149 e. The summed E-state index contributed by atoms with van der Waals surface area (Å²) in [7, 11) is 0. The molecule has 0 aromatic rings. The molecule has 0 aromatic carbocycles. The summed E-state index contributed by atoms with van der Waals surface area (Å²) in [5.41, 5.74) is 0. The van der Waals surface area contributed by atoms with Crippen LogP contribution >= 0.6 is 0 Å². The van der Waals surface area contributed by atoms with Crippen molar-refractivity contribution >= 4 is 0 Å². The molecule has 1 aliphatic rings. The van der Waals surface area contributed by atoms with E-state index in [1.54, 1.807) is 6.08 Å². The van der Waals surface area contributed by atoms with E-state index in [4.69, 9.17) is 5.11 Å². The molecule has 0 bridgehead atoms. The van der Waals surface area contributed by atoms with Gasteiger partial charge in [0.2, 0.25) is 0 Å². The molecule has 1 rings (SSSR count). The van der Waals surface area contributed by atoms with Gasteiger partial charge in [-0.3, -0.25) is 0 Å². The lowest BCUT2D eigenvalue weighted by Gasteiger charge is -1.96. The van der Waals surface area contributed by atoms with E-state index >= 15 is 0 Å². The third-order valence-electron chi connectivity index (χ3n) is 0.708. The molecule has 0 radical (unpaired) electrons. The molecular formula is C4H6O3. The van der Waals surface area contributed by atoms with Crippen molar-refractivity contribution in [3.63, 3.8) is 0 Å². The van der Waals surface area contributed by atoms with Gasteiger partial charge in [0.1, 0.15) is 12.4 Å². The minimum absolute atomic E-state index is 0.0174. The molecule has 0 aliphatic carbocycles. The van der Waals surface area contributed by atoms with Gasteiger partial charge in [-0.25, -0.2) is 0 Å². The molecule has 0 aromatic heterocycles. The molecule has 1 atom stereocenters. The van der Waals surface area contributed by atoms with E-state index < -0.39 is 0 Å². The highest BCUT2D eigenvalue weighted by atomic mass is 17.2. The second-order valence-corrected chi connectivity index (χ2v) is 1.24. The van der Waals surface area contributed by atoms with Gasteiger partial charge in [-0.15, -0.1) is 0 Å². The van der Waals surface area contributed by atoms with Crippen LogP contribution in [0.15, 0.2) is 12.3 Å². The number of aliphatic hydroxyl groups excluding tert-OH is 1. The molecular weight excluding hydrogens is 96.0 g/mol. The molecule has 1 unspecified atom stereocenters. The summed E-state index contributed by atoms with van der Waals surface area (Å²) in [5, 5.41) is 8.31. The Labute approximate surface area is 41.1 Å². The van der Waals surface area contributed by atoms with Crippen molar-refractivity contribution in [2.45, 2.75) is 6.10 Å². The minimum atomic E-state index is -0.250. The molecule has 0 saturated carbocycles. The summed E-state index contributed by atoms with van der Waals surface area (Å²) >= 11 is 0. The molecule has 3 nitrogen and oxygen atoms in total. The number of hydrogen-bond acceptors (Lipinski definition) is 3. The van der Waals surface area contributed by atoms with Crippen LogP contribution in [0.25, 0.3) is 0 Å². The minimum Gasteiger partial charge on any atom is -0.393 e. The van der Waals surface area contributed by atoms with Crippen molar-refractivity contribution in [3.8, 4) is 0 Å². The summed E-state index contributed by atoms with van der Waals surface area (Å²) in [6.45, 7) is -0.0174. The molecule has 1 N–H and O–H groups in total. The van der Waals surface area contributed by atoms with Crippen LogP contribution in [0.1, 0.15) is 0 Å². The maximum Gasteiger partial charge on any atom is 0.149 e. The first-order chi connectivity index (χ1) is 3.43. The van der Waals surface area contributed by atoms with Crippen LogP contribution in [-0.4, -0.2) is 17.8 Å². The maximum atomic E-state index is 8.31. The Hall–Kier alpha value is -0.540. The van der Waals surface area contributed by atoms with Crippen molar-refractivity contribution in [1.29, 1.82) is 0 Å². The first-order valence-electron chi connectivity index (χ1n) is 2.03. The zero-order valence-electron chi connectivity index (χ0n) is 3.70. The van der Waals surface area contributed by atoms with Crippen molar-refractivity contribution in [2.75, 3.05) is 6.61 Å². The summed E-state index contributed by atoms with van der Waals surface area (Å²) < 4.78 is 0. The fourth-order valence-corrected chi connectivity index (χ4v) is 0.347. The quantitative estimate of drug-likeness (QED) is 0.467. The number of aliphatic hydroxyl groups is 1. The maximum absolute atomic E-state index is 8.31. The highest BCUT2D eigenvalue weighted by Gasteiger charge is 2.07. The Kier molecular flexibility index (Phi) is 1.29. The van der Waals surface area contributed by atoms with Crippen LogP contribution in [0.4, 0.5) is 0 Å². The third-order valence-corrected chi connectivity index (χ3v) is 0.708. The van der Waals surface area contributed by atoms with Gasteiger partial charge in [-0.1, -0.05) is 0 Å². The average Bonchev–Trinajstić information content (AvgIpc) is 2.14. The Morgan fingerprint density at radius 1 is 1.71 bits per heavy atom. The van der Waals surface area contributed by atoms with Crippen LogP contribution < -0.4 is 0 Å². The standard InChI is InChI=1S/C4H6O3/c5-3-4-1-2-6-7-4/h1-2,4-5H,3H2. The first kappa shape index (κ1) is 4.61. The number of hydrogen-bond donors (Lipinski definition) is 1. The van der Waals surface area contributed by atoms with Crippen molar-refractivity contribution < 1.29 is 14.9 Å². The predicted molar refractivity (Wildman–Crippen MR) is 22.2 cm³/mol. The van der Waals surface area contributed by atoms with Gasteiger partial charge in [0.15, 0.2) is 0 Å². The molecule has 7 heavy (non-hydrogen) atoms. The van der Waals surface area contributed by atoms with E-state index in [0.29, 0.717) is 0 Å². The lowest BCUT2D eigenvalue weighted by Crippen LogP contribution is -2.08. The number of rotatable bonds is 1. The van der Waals surface area contributed by atoms with Crippen LogP contribution in [0.2, 0.25) is 0 Å². The summed E-state index contributed by atoms with van der Waals surface area (Å²) in [5.74, 6) is 0. The molecule has 1 aliphatic heterocycles. The lowest BCUT2D eigenvalue weighted by molar-refractivity contribution is -0.257. The molecule has 0 saturated heterocycles. The summed E-state index contributed by atoms with van der Waals surface area (Å²) in [6.07, 6.45) is 2.79. The van der Waals surface area contributed by atoms with Crippen LogP contribution in [0.3, 0.4) is 0 Å². The Morgan fingerprint density at radius 2 is 2.57 bits per heavy atom. The molecule has 0 spiro atoms. The van der Waals surface area contributed by atoms with Gasteiger partial charge in [0, 0.05) is 0 Å². The van der Waals surface area contributed by atoms with E-state index in [1.165, 1.54) is 6.26 Å². The average molecular weight is 102 g/mol. The van der Waals surface area contributed by atoms with Gasteiger partial charge in [0.25, 0.3) is 0 Å². The zero-order chi connectivity index (χ0) is 5.11. The summed E-state index contributed by atoms with van der Waals surface area (Å²) in [6, 6.07) is 0. The molecule has 3 heteroatoms. The molecule has 40 valence electrons. The molecule has 0 fully saturated rings. The van der Waals surface area contributed by atoms with Crippen molar-refractivity contribution in [2.24, 2.45) is 0 Å². The Balaban J connectivity index is 2.28. The van der Waals surface area contributed by atoms with E-state index in [2.05, 4.69) is 9.78 Å². The molecule has 0 amide bonds. The second-order valence-electron chi connectivity index (χ2n) is 1.24. The molecule has 1 heterocycles. The monoisotopic (exact) mass is 102 g/mol. The lowest BCUT2D eigenvalue weighted by atomic mass is 10.4. The summed E-state index contributed by atoms with van der Waals surface area (Å²) in [4.78, 5) is 8.75. The first-order valence-corrected chi connectivity index (χ1v) is 2.03. The SMILES string of the molecule is OCC1C=COO1. The van der Waals surface area contributed by atoms with Gasteiger partial charge in [-0.05, 0) is 6.08 Å². The van der Waals surface area contributed by atoms with E-state index in [-0.39, 0.29) is 12.7 Å². The van der Waals surface area contributed by atoms with Gasteiger partial charge < -0.3 is 9.99 Å². The van der Waals surface area contributed by atoms with Gasteiger partial charge in [0.05, 0.1) is 6.61 Å². The Bertz CT molecular complexity index is 79.0. The Morgan fingerprint density at radius 3 is 2.86 bits per heavy atom. The van der Waals surface area contributed by atoms with Crippen LogP contribution in [0, 0.1) is 0 Å². The highest BCUT2D eigenvalue weighted by Crippen LogP contribution is 2.01. The third kappa shape index (κ3) is 0.913. The van der Waals surface area contributed by atoms with Gasteiger partial charge >= 0.3 is 0 Å². The van der Waals surface area contributed by atoms with Crippen molar-refractivity contribution in [1.82, 2.24) is 0 Å². The predicted octanol–water partition coefficient (Wildman–Crippen LogP) is -0.177. The second kappa shape index (κ2) is 1.95. The van der Waals surface area contributed by atoms with Crippen molar-refractivity contribution in [3.05, 3.63) is 12.3 Å². The van der Waals surface area contributed by atoms with Crippen LogP contribution in [-0.2, 0) is 9.78 Å². The van der Waals surface area contributed by atoms with Crippen LogP contribution in [0.5, 0.6) is 0 Å². The zero-order valence-corrected chi connectivity index (χ0v) is 3.70. The van der Waals surface area contributed by atoms with E-state index in [9.17, 15) is 0 Å². The highest BCUT2D eigenvalue weighted by molar-refractivity contribution is 4.85.